The van der Waals surface area contributed by atoms with Crippen molar-refractivity contribution in [2.24, 2.45) is 0 Å². The highest BCUT2D eigenvalue weighted by Crippen LogP contribution is 2.22. The monoisotopic (exact) mass is 519 g/mol. The van der Waals surface area contributed by atoms with E-state index in [0.29, 0.717) is 48.5 Å². The van der Waals surface area contributed by atoms with Gasteiger partial charge in [0.2, 0.25) is 5.88 Å². The summed E-state index contributed by atoms with van der Waals surface area (Å²) in [5.74, 6) is 1.36. The van der Waals surface area contributed by atoms with Crippen LogP contribution in [-0.4, -0.2) is 50.4 Å². The Morgan fingerprint density at radius 1 is 1.13 bits per heavy atom. The van der Waals surface area contributed by atoms with Gasteiger partial charge in [0.1, 0.15) is 11.3 Å². The summed E-state index contributed by atoms with van der Waals surface area (Å²) < 4.78 is 18.5. The number of hydrogen-bond acceptors (Lipinski definition) is 9. The Bertz CT molecular complexity index is 1410. The van der Waals surface area contributed by atoms with Crippen LogP contribution in [0.3, 0.4) is 0 Å². The highest BCUT2D eigenvalue weighted by atomic mass is 16.5. The van der Waals surface area contributed by atoms with E-state index in [2.05, 4.69) is 32.2 Å². The number of nitrogens with two attached hydrogens (primary N) is 1. The minimum Gasteiger partial charge on any atom is -0.463 e. The number of nitrogen functional groups attached to an aromatic ring is 1. The second-order valence-electron chi connectivity index (χ2n) is 9.29. The molecule has 4 N–H and O–H groups in total. The Morgan fingerprint density at radius 3 is 2.74 bits per heavy atom. The SMILES string of the molecule is CCCCOc1nc(N)c2[nH]c(=O)n(Cc3ccc(Oc4cccc(CNC5CCOCC5)n4)cc3)c2n1. The maximum Gasteiger partial charge on any atom is 0.328 e. The first-order valence-electron chi connectivity index (χ1n) is 13.0. The number of pyridine rings is 1. The van der Waals surface area contributed by atoms with Crippen molar-refractivity contribution < 1.29 is 14.2 Å². The molecule has 0 saturated carbocycles. The van der Waals surface area contributed by atoms with Gasteiger partial charge in [-0.15, -0.1) is 0 Å². The van der Waals surface area contributed by atoms with Crippen LogP contribution in [0.2, 0.25) is 0 Å². The Morgan fingerprint density at radius 2 is 1.95 bits per heavy atom. The quantitative estimate of drug-likeness (QED) is 0.254. The number of imidazole rings is 1. The van der Waals surface area contributed by atoms with Gasteiger partial charge >= 0.3 is 11.7 Å². The van der Waals surface area contributed by atoms with Crippen molar-refractivity contribution in [3.63, 3.8) is 0 Å². The molecule has 0 aliphatic carbocycles. The Kier molecular flexibility index (Phi) is 8.15. The number of unbranched alkanes of at least 4 members (excludes halogenated alkanes) is 1. The molecule has 200 valence electrons. The van der Waals surface area contributed by atoms with E-state index < -0.39 is 0 Å². The molecule has 11 nitrogen and oxygen atoms in total. The zero-order chi connectivity index (χ0) is 26.3. The smallest absolute Gasteiger partial charge is 0.328 e. The predicted molar refractivity (Wildman–Crippen MR) is 143 cm³/mol. The molecule has 1 aromatic carbocycles. The second-order valence-corrected chi connectivity index (χ2v) is 9.29. The van der Waals surface area contributed by atoms with Crippen molar-refractivity contribution in [2.75, 3.05) is 25.6 Å². The molecule has 0 atom stereocenters. The van der Waals surface area contributed by atoms with Crippen molar-refractivity contribution in [3.8, 4) is 17.6 Å². The lowest BCUT2D eigenvalue weighted by Crippen LogP contribution is -2.34. The highest BCUT2D eigenvalue weighted by Gasteiger charge is 2.16. The number of H-pyrrole nitrogens is 1. The summed E-state index contributed by atoms with van der Waals surface area (Å²) in [6.07, 6.45) is 3.90. The molecule has 0 spiro atoms. The average molecular weight is 520 g/mol. The number of rotatable bonds is 11. The summed E-state index contributed by atoms with van der Waals surface area (Å²) in [5.41, 5.74) is 8.36. The number of nitrogens with zero attached hydrogens (tertiary/aromatic N) is 4. The molecule has 4 heterocycles. The number of ether oxygens (including phenoxy) is 3. The summed E-state index contributed by atoms with van der Waals surface area (Å²) >= 11 is 0. The lowest BCUT2D eigenvalue weighted by Gasteiger charge is -2.23. The molecule has 3 aromatic heterocycles. The zero-order valence-electron chi connectivity index (χ0n) is 21.5. The van der Waals surface area contributed by atoms with Crippen LogP contribution in [0.1, 0.15) is 43.9 Å². The highest BCUT2D eigenvalue weighted by molar-refractivity contribution is 5.81. The van der Waals surface area contributed by atoms with Crippen LogP contribution in [0.25, 0.3) is 11.2 Å². The van der Waals surface area contributed by atoms with Crippen molar-refractivity contribution in [1.29, 1.82) is 0 Å². The van der Waals surface area contributed by atoms with E-state index in [1.807, 2.05) is 42.5 Å². The van der Waals surface area contributed by atoms with E-state index in [0.717, 1.165) is 50.2 Å². The van der Waals surface area contributed by atoms with Gasteiger partial charge in [0, 0.05) is 31.9 Å². The van der Waals surface area contributed by atoms with Gasteiger partial charge in [-0.25, -0.2) is 9.78 Å². The lowest BCUT2D eigenvalue weighted by molar-refractivity contribution is 0.0775. The van der Waals surface area contributed by atoms with Gasteiger partial charge in [0.05, 0.1) is 18.8 Å². The number of fused-ring (bicyclic) bond motifs is 1. The molecular weight excluding hydrogens is 486 g/mol. The Labute approximate surface area is 220 Å². The van der Waals surface area contributed by atoms with Crippen LogP contribution in [0.5, 0.6) is 17.6 Å². The number of hydrogen-bond donors (Lipinski definition) is 3. The molecule has 38 heavy (non-hydrogen) atoms. The maximum absolute atomic E-state index is 12.7. The van der Waals surface area contributed by atoms with Crippen molar-refractivity contribution >= 4 is 17.0 Å². The molecule has 4 aromatic rings. The second kappa shape index (κ2) is 12.1. The van der Waals surface area contributed by atoms with Crippen LogP contribution in [0.15, 0.2) is 47.3 Å². The van der Waals surface area contributed by atoms with Gasteiger partial charge in [0.25, 0.3) is 0 Å². The van der Waals surface area contributed by atoms with Crippen LogP contribution in [-0.2, 0) is 17.8 Å². The lowest BCUT2D eigenvalue weighted by atomic mass is 10.1. The van der Waals surface area contributed by atoms with E-state index in [-0.39, 0.29) is 17.5 Å². The number of nitrogens with one attached hydrogen (secondary N) is 2. The van der Waals surface area contributed by atoms with E-state index in [1.54, 1.807) is 0 Å². The Balaban J connectivity index is 1.25. The normalized spacial score (nSPS) is 14.1. The van der Waals surface area contributed by atoms with E-state index in [4.69, 9.17) is 19.9 Å². The molecule has 1 aliphatic heterocycles. The number of aromatic nitrogens is 5. The van der Waals surface area contributed by atoms with Gasteiger partial charge in [-0.2, -0.15) is 9.97 Å². The third-order valence-corrected chi connectivity index (χ3v) is 6.42. The largest absolute Gasteiger partial charge is 0.463 e. The average Bonchev–Trinajstić information content (AvgIpc) is 3.25. The third-order valence-electron chi connectivity index (χ3n) is 6.42. The van der Waals surface area contributed by atoms with Gasteiger partial charge in [-0.1, -0.05) is 31.5 Å². The zero-order valence-corrected chi connectivity index (χ0v) is 21.5. The first-order valence-corrected chi connectivity index (χ1v) is 13.0. The minimum absolute atomic E-state index is 0.164. The summed E-state index contributed by atoms with van der Waals surface area (Å²) in [7, 11) is 0. The first kappa shape index (κ1) is 25.7. The molecule has 1 fully saturated rings. The number of anilines is 1. The maximum atomic E-state index is 12.7. The molecule has 0 bridgehead atoms. The van der Waals surface area contributed by atoms with Gasteiger partial charge in [-0.05, 0) is 43.0 Å². The molecule has 0 amide bonds. The van der Waals surface area contributed by atoms with Crippen molar-refractivity contribution in [1.82, 2.24) is 29.8 Å². The first-order chi connectivity index (χ1) is 18.6. The fraction of sp³-hybridized carbons (Fsp3) is 0.407. The van der Waals surface area contributed by atoms with E-state index in [9.17, 15) is 4.79 Å². The van der Waals surface area contributed by atoms with Crippen molar-refractivity contribution in [2.45, 2.75) is 51.7 Å². The van der Waals surface area contributed by atoms with Crippen LogP contribution >= 0.6 is 0 Å². The molecular formula is C27H33N7O4. The molecule has 0 unspecified atom stereocenters. The van der Waals surface area contributed by atoms with E-state index >= 15 is 0 Å². The molecule has 1 saturated heterocycles. The summed E-state index contributed by atoms with van der Waals surface area (Å²) in [6, 6.07) is 13.9. The molecule has 11 heteroatoms. The summed E-state index contributed by atoms with van der Waals surface area (Å²) in [5, 5.41) is 3.54. The molecule has 5 rings (SSSR count). The fourth-order valence-corrected chi connectivity index (χ4v) is 4.28. The number of aromatic amines is 1. The van der Waals surface area contributed by atoms with Crippen molar-refractivity contribution in [3.05, 3.63) is 64.2 Å². The molecule has 0 radical (unpaired) electrons. The number of benzene rings is 1. The van der Waals surface area contributed by atoms with Crippen LogP contribution in [0.4, 0.5) is 5.82 Å². The third kappa shape index (κ3) is 6.29. The predicted octanol–water partition coefficient (Wildman–Crippen LogP) is 3.38. The van der Waals surface area contributed by atoms with E-state index in [1.165, 1.54) is 4.57 Å². The minimum atomic E-state index is -0.317. The van der Waals surface area contributed by atoms with Crippen LogP contribution < -0.4 is 26.2 Å². The fourth-order valence-electron chi connectivity index (χ4n) is 4.28. The van der Waals surface area contributed by atoms with Gasteiger partial charge in [-0.3, -0.25) is 4.57 Å². The standard InChI is InChI=1S/C27H33N7O4/c1-2-3-13-37-26-32-24(28)23-25(33-26)34(27(35)31-23)17-18-7-9-21(10-8-18)38-22-6-4-5-20(30-22)16-29-19-11-14-36-15-12-19/h4-10,19,29H,2-3,11-17H2,1H3,(H,31,35)(H2,28,32,33). The topological polar surface area (TPSA) is 142 Å². The summed E-state index contributed by atoms with van der Waals surface area (Å²) in [6.45, 7) is 5.14. The van der Waals surface area contributed by atoms with Crippen LogP contribution in [0, 0.1) is 0 Å². The van der Waals surface area contributed by atoms with Gasteiger partial charge < -0.3 is 30.2 Å². The molecule has 1 aliphatic rings. The van der Waals surface area contributed by atoms with Gasteiger partial charge in [0.15, 0.2) is 11.5 Å². The summed E-state index contributed by atoms with van der Waals surface area (Å²) in [4.78, 5) is 28.6. The Hall–Kier alpha value is -3.96.